The second-order valence-electron chi connectivity index (χ2n) is 4.19. The molecule has 1 saturated heterocycles. The molecule has 0 bridgehead atoms. The molecule has 15 heavy (non-hydrogen) atoms. The van der Waals surface area contributed by atoms with Crippen LogP contribution in [0.4, 0.5) is 0 Å². The van der Waals surface area contributed by atoms with Crippen LogP contribution in [0.25, 0.3) is 0 Å². The first-order valence-corrected chi connectivity index (χ1v) is 5.40. The summed E-state index contributed by atoms with van der Waals surface area (Å²) in [6.07, 6.45) is 3.96. The summed E-state index contributed by atoms with van der Waals surface area (Å²) in [5.41, 5.74) is 1.79. The molecule has 1 aliphatic heterocycles. The Morgan fingerprint density at radius 1 is 1.53 bits per heavy atom. The first-order chi connectivity index (χ1) is 7.29. The second-order valence-corrected chi connectivity index (χ2v) is 4.19. The van der Waals surface area contributed by atoms with Gasteiger partial charge in [-0.25, -0.2) is 9.97 Å². The summed E-state index contributed by atoms with van der Waals surface area (Å²) in [5.74, 6) is 0.497. The molecule has 1 aromatic heterocycles. The molecular formula is C11H17N3O. The van der Waals surface area contributed by atoms with E-state index < -0.39 is 0 Å². The van der Waals surface area contributed by atoms with Crippen LogP contribution in [0.15, 0.2) is 12.4 Å². The number of hydrogen-bond donors (Lipinski definition) is 1. The molecule has 4 nitrogen and oxygen atoms in total. The number of likely N-dealkylation sites (tertiary alicyclic amines) is 1. The van der Waals surface area contributed by atoms with Gasteiger partial charge in [0.15, 0.2) is 0 Å². The molecule has 82 valence electrons. The molecule has 1 fully saturated rings. The summed E-state index contributed by atoms with van der Waals surface area (Å²) in [6.45, 7) is 2.23. The van der Waals surface area contributed by atoms with Crippen LogP contribution in [0.1, 0.15) is 30.1 Å². The normalized spacial score (nSPS) is 22.9. The maximum Gasteiger partial charge on any atom is 0.116 e. The minimum absolute atomic E-state index is 0.00191. The maximum atomic E-state index is 9.01. The van der Waals surface area contributed by atoms with E-state index in [0.717, 1.165) is 12.2 Å². The van der Waals surface area contributed by atoms with Crippen molar-refractivity contribution in [1.82, 2.24) is 14.9 Å². The van der Waals surface area contributed by atoms with Gasteiger partial charge in [0.25, 0.3) is 0 Å². The fourth-order valence-electron chi connectivity index (χ4n) is 2.13. The molecule has 4 heteroatoms. The van der Waals surface area contributed by atoms with Gasteiger partial charge in [-0.1, -0.05) is 0 Å². The standard InChI is InChI=1S/C11H17N3O/c1-14-4-2-3-9(6-14)11-5-10(7-15)12-8-13-11/h5,8-9,15H,2-4,6-7H2,1H3. The largest absolute Gasteiger partial charge is 0.390 e. The summed E-state index contributed by atoms with van der Waals surface area (Å²) in [7, 11) is 2.14. The predicted octanol–water partition coefficient (Wildman–Crippen LogP) is 0.778. The molecule has 0 radical (unpaired) electrons. The highest BCUT2D eigenvalue weighted by Gasteiger charge is 2.20. The maximum absolute atomic E-state index is 9.01. The van der Waals surface area contributed by atoms with Gasteiger partial charge in [-0.15, -0.1) is 0 Å². The summed E-state index contributed by atoms with van der Waals surface area (Å²) < 4.78 is 0. The van der Waals surface area contributed by atoms with Crippen LogP contribution in [-0.2, 0) is 6.61 Å². The summed E-state index contributed by atoms with van der Waals surface area (Å²) in [5, 5.41) is 9.01. The topological polar surface area (TPSA) is 49.2 Å². The van der Waals surface area contributed by atoms with Crippen molar-refractivity contribution in [3.63, 3.8) is 0 Å². The Bertz CT molecular complexity index is 329. The monoisotopic (exact) mass is 207 g/mol. The van der Waals surface area contributed by atoms with Crippen LogP contribution in [0.5, 0.6) is 0 Å². The van der Waals surface area contributed by atoms with Crippen molar-refractivity contribution in [3.05, 3.63) is 23.8 Å². The van der Waals surface area contributed by atoms with E-state index in [4.69, 9.17) is 5.11 Å². The van der Waals surface area contributed by atoms with E-state index in [1.807, 2.05) is 6.07 Å². The molecule has 2 heterocycles. The Morgan fingerprint density at radius 3 is 3.13 bits per heavy atom. The minimum Gasteiger partial charge on any atom is -0.390 e. The number of aromatic nitrogens is 2. The van der Waals surface area contributed by atoms with Gasteiger partial charge in [-0.05, 0) is 32.5 Å². The molecule has 1 N–H and O–H groups in total. The predicted molar refractivity (Wildman–Crippen MR) is 57.4 cm³/mol. The molecule has 1 aromatic rings. The summed E-state index contributed by atoms with van der Waals surface area (Å²) >= 11 is 0. The number of piperidine rings is 1. The van der Waals surface area contributed by atoms with Crippen molar-refractivity contribution in [2.75, 3.05) is 20.1 Å². The molecule has 1 aliphatic rings. The first-order valence-electron chi connectivity index (χ1n) is 5.40. The van der Waals surface area contributed by atoms with Crippen molar-refractivity contribution in [2.45, 2.75) is 25.4 Å². The Kier molecular flexibility index (Phi) is 3.28. The molecule has 0 saturated carbocycles. The third kappa shape index (κ3) is 2.52. The van der Waals surface area contributed by atoms with Crippen molar-refractivity contribution < 1.29 is 5.11 Å². The van der Waals surface area contributed by atoms with Crippen LogP contribution in [0.3, 0.4) is 0 Å². The van der Waals surface area contributed by atoms with Gasteiger partial charge in [0, 0.05) is 18.2 Å². The van der Waals surface area contributed by atoms with Gasteiger partial charge in [-0.2, -0.15) is 0 Å². The summed E-state index contributed by atoms with van der Waals surface area (Å²) in [4.78, 5) is 10.6. The van der Waals surface area contributed by atoms with Gasteiger partial charge in [-0.3, -0.25) is 0 Å². The van der Waals surface area contributed by atoms with E-state index in [2.05, 4.69) is 21.9 Å². The molecule has 1 atom stereocenters. The fraction of sp³-hybridized carbons (Fsp3) is 0.636. The van der Waals surface area contributed by atoms with Crippen molar-refractivity contribution in [1.29, 1.82) is 0 Å². The van der Waals surface area contributed by atoms with Gasteiger partial charge >= 0.3 is 0 Å². The molecule has 0 spiro atoms. The van der Waals surface area contributed by atoms with Gasteiger partial charge < -0.3 is 10.0 Å². The van der Waals surface area contributed by atoms with E-state index in [1.165, 1.54) is 19.4 Å². The fourth-order valence-corrected chi connectivity index (χ4v) is 2.13. The lowest BCUT2D eigenvalue weighted by atomic mass is 9.94. The van der Waals surface area contributed by atoms with Crippen molar-refractivity contribution >= 4 is 0 Å². The molecule has 0 amide bonds. The molecule has 0 aromatic carbocycles. The van der Waals surface area contributed by atoms with Crippen LogP contribution in [0, 0.1) is 0 Å². The zero-order chi connectivity index (χ0) is 10.7. The van der Waals surface area contributed by atoms with Crippen LogP contribution >= 0.6 is 0 Å². The van der Waals surface area contributed by atoms with E-state index in [-0.39, 0.29) is 6.61 Å². The lowest BCUT2D eigenvalue weighted by molar-refractivity contribution is 0.247. The Labute approximate surface area is 90.0 Å². The number of aliphatic hydroxyl groups is 1. The number of nitrogens with zero attached hydrogens (tertiary/aromatic N) is 3. The van der Waals surface area contributed by atoms with E-state index >= 15 is 0 Å². The van der Waals surface area contributed by atoms with Crippen molar-refractivity contribution in [2.24, 2.45) is 0 Å². The second kappa shape index (κ2) is 4.68. The molecule has 2 rings (SSSR count). The smallest absolute Gasteiger partial charge is 0.116 e. The van der Waals surface area contributed by atoms with E-state index in [9.17, 15) is 0 Å². The van der Waals surface area contributed by atoms with Crippen LogP contribution in [-0.4, -0.2) is 40.1 Å². The average Bonchev–Trinajstić information content (AvgIpc) is 2.29. The number of hydrogen-bond acceptors (Lipinski definition) is 4. The highest BCUT2D eigenvalue weighted by molar-refractivity contribution is 5.13. The zero-order valence-corrected chi connectivity index (χ0v) is 9.06. The Morgan fingerprint density at radius 2 is 2.40 bits per heavy atom. The highest BCUT2D eigenvalue weighted by atomic mass is 16.3. The average molecular weight is 207 g/mol. The Hall–Kier alpha value is -1.00. The quantitative estimate of drug-likeness (QED) is 0.778. The van der Waals surface area contributed by atoms with Gasteiger partial charge in [0.2, 0.25) is 0 Å². The lowest BCUT2D eigenvalue weighted by Crippen LogP contribution is -2.31. The van der Waals surface area contributed by atoms with Crippen LogP contribution < -0.4 is 0 Å². The van der Waals surface area contributed by atoms with Gasteiger partial charge in [0.05, 0.1) is 12.3 Å². The molecular weight excluding hydrogens is 190 g/mol. The number of rotatable bonds is 2. The minimum atomic E-state index is -0.00191. The summed E-state index contributed by atoms with van der Waals surface area (Å²) in [6, 6.07) is 1.92. The highest BCUT2D eigenvalue weighted by Crippen LogP contribution is 2.24. The zero-order valence-electron chi connectivity index (χ0n) is 9.06. The molecule has 0 aliphatic carbocycles. The van der Waals surface area contributed by atoms with Crippen LogP contribution in [0.2, 0.25) is 0 Å². The SMILES string of the molecule is CN1CCCC(c2cc(CO)ncn2)C1. The number of likely N-dealkylation sites (N-methyl/N-ethyl adjacent to an activating group) is 1. The lowest BCUT2D eigenvalue weighted by Gasteiger charge is -2.29. The Balaban J connectivity index is 2.13. The van der Waals surface area contributed by atoms with Gasteiger partial charge in [0.1, 0.15) is 6.33 Å². The first kappa shape index (κ1) is 10.5. The molecule has 1 unspecified atom stereocenters. The number of aliphatic hydroxyl groups excluding tert-OH is 1. The third-order valence-electron chi connectivity index (χ3n) is 2.95. The van der Waals surface area contributed by atoms with E-state index in [1.54, 1.807) is 6.33 Å². The van der Waals surface area contributed by atoms with E-state index in [0.29, 0.717) is 11.6 Å². The van der Waals surface area contributed by atoms with Crippen molar-refractivity contribution in [3.8, 4) is 0 Å². The third-order valence-corrected chi connectivity index (χ3v) is 2.95.